The van der Waals surface area contributed by atoms with E-state index in [9.17, 15) is 4.79 Å². The second-order valence-corrected chi connectivity index (χ2v) is 4.46. The highest BCUT2D eigenvalue weighted by molar-refractivity contribution is 6.30. The lowest BCUT2D eigenvalue weighted by Crippen LogP contribution is -2.37. The number of carbonyl (C=O) groups is 1. The molecule has 0 N–H and O–H groups in total. The predicted molar refractivity (Wildman–Crippen MR) is 69.6 cm³/mol. The van der Waals surface area contributed by atoms with E-state index in [1.165, 1.54) is 0 Å². The first-order chi connectivity index (χ1) is 7.95. The van der Waals surface area contributed by atoms with Gasteiger partial charge in [-0.05, 0) is 44.5 Å². The molecule has 0 saturated heterocycles. The van der Waals surface area contributed by atoms with Crippen molar-refractivity contribution in [1.82, 2.24) is 4.90 Å². The van der Waals surface area contributed by atoms with Crippen LogP contribution in [0.5, 0.6) is 5.75 Å². The van der Waals surface area contributed by atoms with Gasteiger partial charge in [0.2, 0.25) is 0 Å². The van der Waals surface area contributed by atoms with Gasteiger partial charge in [-0.1, -0.05) is 11.6 Å². The maximum atomic E-state index is 11.8. The fourth-order valence-corrected chi connectivity index (χ4v) is 1.68. The highest BCUT2D eigenvalue weighted by Gasteiger charge is 2.18. The Hall–Kier alpha value is -1.22. The van der Waals surface area contributed by atoms with Crippen molar-refractivity contribution in [2.45, 2.75) is 26.9 Å². The Morgan fingerprint density at radius 2 is 2.18 bits per heavy atom. The Morgan fingerprint density at radius 3 is 2.71 bits per heavy atom. The fourth-order valence-electron chi connectivity index (χ4n) is 1.45. The van der Waals surface area contributed by atoms with Crippen LogP contribution in [0.1, 0.15) is 19.4 Å². The van der Waals surface area contributed by atoms with Crippen LogP contribution >= 0.6 is 11.6 Å². The lowest BCUT2D eigenvalue weighted by atomic mass is 10.2. The molecule has 4 heteroatoms. The number of carbonyl (C=O) groups excluding carboxylic acids is 1. The standard InChI is InChI=1S/C13H18ClNO2/c1-5-15(4)13(16)10(3)17-12-7-6-11(14)8-9(12)2/h6-8,10H,5H2,1-4H3. The van der Waals surface area contributed by atoms with Crippen LogP contribution in [0.25, 0.3) is 0 Å². The molecular formula is C13H18ClNO2. The van der Waals surface area contributed by atoms with E-state index in [1.54, 1.807) is 31.0 Å². The molecule has 0 aromatic heterocycles. The van der Waals surface area contributed by atoms with Gasteiger partial charge in [0, 0.05) is 18.6 Å². The molecule has 1 atom stereocenters. The maximum Gasteiger partial charge on any atom is 0.263 e. The molecule has 3 nitrogen and oxygen atoms in total. The van der Waals surface area contributed by atoms with Crippen LogP contribution in [0.15, 0.2) is 18.2 Å². The van der Waals surface area contributed by atoms with Crippen molar-refractivity contribution < 1.29 is 9.53 Å². The normalized spacial score (nSPS) is 12.1. The Morgan fingerprint density at radius 1 is 1.53 bits per heavy atom. The van der Waals surface area contributed by atoms with Crippen LogP contribution in [0.3, 0.4) is 0 Å². The van der Waals surface area contributed by atoms with Crippen molar-refractivity contribution in [3.05, 3.63) is 28.8 Å². The van der Waals surface area contributed by atoms with Gasteiger partial charge in [0.25, 0.3) is 5.91 Å². The minimum absolute atomic E-state index is 0.0261. The highest BCUT2D eigenvalue weighted by atomic mass is 35.5. The zero-order chi connectivity index (χ0) is 13.0. The number of aryl methyl sites for hydroxylation is 1. The second kappa shape index (κ2) is 5.92. The van der Waals surface area contributed by atoms with E-state index in [2.05, 4.69) is 0 Å². The third-order valence-corrected chi connectivity index (χ3v) is 2.87. The number of likely N-dealkylation sites (N-methyl/N-ethyl adjacent to an activating group) is 1. The van der Waals surface area contributed by atoms with Crippen molar-refractivity contribution in [3.8, 4) is 5.75 Å². The van der Waals surface area contributed by atoms with E-state index in [4.69, 9.17) is 16.3 Å². The Labute approximate surface area is 107 Å². The third kappa shape index (κ3) is 3.63. The highest BCUT2D eigenvalue weighted by Crippen LogP contribution is 2.23. The van der Waals surface area contributed by atoms with E-state index < -0.39 is 6.10 Å². The number of halogens is 1. The molecule has 0 heterocycles. The summed E-state index contributed by atoms with van der Waals surface area (Å²) in [5, 5.41) is 0.666. The van der Waals surface area contributed by atoms with Crippen molar-refractivity contribution in [2.75, 3.05) is 13.6 Å². The van der Waals surface area contributed by atoms with Gasteiger partial charge in [-0.3, -0.25) is 4.79 Å². The van der Waals surface area contributed by atoms with E-state index in [0.717, 1.165) is 5.56 Å². The lowest BCUT2D eigenvalue weighted by Gasteiger charge is -2.21. The number of ether oxygens (including phenoxy) is 1. The van der Waals surface area contributed by atoms with Crippen molar-refractivity contribution in [1.29, 1.82) is 0 Å². The van der Waals surface area contributed by atoms with Crippen LogP contribution < -0.4 is 4.74 Å². The molecule has 1 aromatic rings. The zero-order valence-corrected chi connectivity index (χ0v) is 11.4. The summed E-state index contributed by atoms with van der Waals surface area (Å²) in [7, 11) is 1.76. The van der Waals surface area contributed by atoms with Gasteiger partial charge in [-0.2, -0.15) is 0 Å². The Bertz CT molecular complexity index is 406. The number of benzene rings is 1. The quantitative estimate of drug-likeness (QED) is 0.828. The van der Waals surface area contributed by atoms with E-state index in [-0.39, 0.29) is 5.91 Å². The largest absolute Gasteiger partial charge is 0.481 e. The third-order valence-electron chi connectivity index (χ3n) is 2.64. The van der Waals surface area contributed by atoms with Gasteiger partial charge >= 0.3 is 0 Å². The molecular weight excluding hydrogens is 238 g/mol. The molecule has 0 radical (unpaired) electrons. The molecule has 0 saturated carbocycles. The van der Waals surface area contributed by atoms with Gasteiger partial charge in [-0.25, -0.2) is 0 Å². The van der Waals surface area contributed by atoms with E-state index >= 15 is 0 Å². The number of amides is 1. The summed E-state index contributed by atoms with van der Waals surface area (Å²) in [6.07, 6.45) is -0.486. The number of rotatable bonds is 4. The molecule has 0 fully saturated rings. The van der Waals surface area contributed by atoms with Crippen molar-refractivity contribution in [2.24, 2.45) is 0 Å². The van der Waals surface area contributed by atoms with Gasteiger partial charge in [0.1, 0.15) is 5.75 Å². The molecule has 94 valence electrons. The topological polar surface area (TPSA) is 29.5 Å². The summed E-state index contributed by atoms with van der Waals surface area (Å²) in [4.78, 5) is 13.5. The SMILES string of the molecule is CCN(C)C(=O)C(C)Oc1ccc(Cl)cc1C. The first-order valence-corrected chi connectivity index (χ1v) is 6.01. The average molecular weight is 256 g/mol. The van der Waals surface area contributed by atoms with Crippen molar-refractivity contribution >= 4 is 17.5 Å². The zero-order valence-electron chi connectivity index (χ0n) is 10.7. The summed E-state index contributed by atoms with van der Waals surface area (Å²) in [6, 6.07) is 5.36. The molecule has 0 spiro atoms. The summed E-state index contributed by atoms with van der Waals surface area (Å²) < 4.78 is 5.64. The van der Waals surface area contributed by atoms with Gasteiger partial charge in [0.15, 0.2) is 6.10 Å². The van der Waals surface area contributed by atoms with Crippen LogP contribution in [-0.4, -0.2) is 30.5 Å². The van der Waals surface area contributed by atoms with Crippen LogP contribution in [0.4, 0.5) is 0 Å². The molecule has 1 aromatic carbocycles. The Kier molecular flexibility index (Phi) is 4.82. The van der Waals surface area contributed by atoms with E-state index in [1.807, 2.05) is 19.9 Å². The maximum absolute atomic E-state index is 11.8. The molecule has 0 aliphatic carbocycles. The second-order valence-electron chi connectivity index (χ2n) is 4.02. The minimum atomic E-state index is -0.486. The lowest BCUT2D eigenvalue weighted by molar-refractivity contribution is -0.136. The molecule has 1 amide bonds. The number of hydrogen-bond donors (Lipinski definition) is 0. The number of hydrogen-bond acceptors (Lipinski definition) is 2. The molecule has 1 unspecified atom stereocenters. The van der Waals surface area contributed by atoms with Gasteiger partial charge in [-0.15, -0.1) is 0 Å². The summed E-state index contributed by atoms with van der Waals surface area (Å²) >= 11 is 5.86. The molecule has 0 aliphatic heterocycles. The van der Waals surface area contributed by atoms with Crippen LogP contribution in [0.2, 0.25) is 5.02 Å². The van der Waals surface area contributed by atoms with Crippen LogP contribution in [-0.2, 0) is 4.79 Å². The number of nitrogens with zero attached hydrogens (tertiary/aromatic N) is 1. The predicted octanol–water partition coefficient (Wildman–Crippen LogP) is 2.89. The van der Waals surface area contributed by atoms with Crippen LogP contribution in [0, 0.1) is 6.92 Å². The summed E-state index contributed by atoms with van der Waals surface area (Å²) in [5.41, 5.74) is 0.927. The smallest absolute Gasteiger partial charge is 0.263 e. The van der Waals surface area contributed by atoms with Crippen molar-refractivity contribution in [3.63, 3.8) is 0 Å². The monoisotopic (exact) mass is 255 g/mol. The summed E-state index contributed by atoms with van der Waals surface area (Å²) in [5.74, 6) is 0.668. The summed E-state index contributed by atoms with van der Waals surface area (Å²) in [6.45, 7) is 6.26. The van der Waals surface area contributed by atoms with Gasteiger partial charge in [0.05, 0.1) is 0 Å². The molecule has 17 heavy (non-hydrogen) atoms. The molecule has 0 aliphatic rings. The fraction of sp³-hybridized carbons (Fsp3) is 0.462. The first kappa shape index (κ1) is 13.8. The molecule has 0 bridgehead atoms. The molecule has 1 rings (SSSR count). The average Bonchev–Trinajstić information content (AvgIpc) is 2.30. The first-order valence-electron chi connectivity index (χ1n) is 5.63. The van der Waals surface area contributed by atoms with E-state index in [0.29, 0.717) is 17.3 Å². The Balaban J connectivity index is 2.74. The minimum Gasteiger partial charge on any atom is -0.481 e. The van der Waals surface area contributed by atoms with Gasteiger partial charge < -0.3 is 9.64 Å².